The molecule has 6 heteroatoms. The largest absolute Gasteiger partial charge is 0.338 e. The second-order valence-electron chi connectivity index (χ2n) is 6.21. The van der Waals surface area contributed by atoms with Crippen LogP contribution in [0.2, 0.25) is 0 Å². The van der Waals surface area contributed by atoms with Crippen molar-refractivity contribution in [2.45, 2.75) is 19.8 Å². The summed E-state index contributed by atoms with van der Waals surface area (Å²) in [5, 5.41) is 7.63. The number of para-hydroxylation sites is 1. The standard InChI is InChI=1S/C18H24N4O.ClH/c1-14-17(12-20-22(14)16-8-4-3-5-9-16)18(23)21-10-6-7-15(13-21)11-19-2;/h3-5,8-9,12,15,19H,6-7,10-11,13H2,1-2H3;1H. The van der Waals surface area contributed by atoms with E-state index in [1.54, 1.807) is 6.20 Å². The van der Waals surface area contributed by atoms with Crippen LogP contribution in [-0.4, -0.2) is 47.3 Å². The van der Waals surface area contributed by atoms with Gasteiger partial charge in [0.25, 0.3) is 5.91 Å². The van der Waals surface area contributed by atoms with Crippen LogP contribution in [0.25, 0.3) is 5.69 Å². The second kappa shape index (κ2) is 8.31. The predicted molar refractivity (Wildman–Crippen MR) is 98.1 cm³/mol. The van der Waals surface area contributed by atoms with Gasteiger partial charge in [-0.05, 0) is 51.4 Å². The molecule has 1 aliphatic heterocycles. The van der Waals surface area contributed by atoms with Crippen LogP contribution in [-0.2, 0) is 0 Å². The molecule has 0 aliphatic carbocycles. The smallest absolute Gasteiger partial charge is 0.257 e. The SMILES string of the molecule is CNCC1CCCN(C(=O)c2cnn(-c3ccccc3)c2C)C1.Cl. The second-order valence-corrected chi connectivity index (χ2v) is 6.21. The quantitative estimate of drug-likeness (QED) is 0.924. The lowest BCUT2D eigenvalue weighted by Crippen LogP contribution is -2.42. The molecule has 1 aromatic carbocycles. The van der Waals surface area contributed by atoms with Crippen molar-refractivity contribution < 1.29 is 4.79 Å². The Hall–Kier alpha value is -1.85. The fourth-order valence-corrected chi connectivity index (χ4v) is 3.32. The minimum Gasteiger partial charge on any atom is -0.338 e. The van der Waals surface area contributed by atoms with Crippen molar-refractivity contribution in [1.29, 1.82) is 0 Å². The lowest BCUT2D eigenvalue weighted by molar-refractivity contribution is 0.0673. The highest BCUT2D eigenvalue weighted by Crippen LogP contribution is 2.20. The average Bonchev–Trinajstić information content (AvgIpc) is 2.97. The van der Waals surface area contributed by atoms with Gasteiger partial charge in [0.1, 0.15) is 0 Å². The summed E-state index contributed by atoms with van der Waals surface area (Å²) < 4.78 is 1.84. The van der Waals surface area contributed by atoms with Gasteiger partial charge in [-0.15, -0.1) is 12.4 Å². The summed E-state index contributed by atoms with van der Waals surface area (Å²) in [6, 6.07) is 9.93. The number of benzene rings is 1. The van der Waals surface area contributed by atoms with Gasteiger partial charge in [0.15, 0.2) is 0 Å². The number of aromatic nitrogens is 2. The molecule has 1 amide bonds. The predicted octanol–water partition coefficient (Wildman–Crippen LogP) is 2.67. The van der Waals surface area contributed by atoms with Gasteiger partial charge in [-0.3, -0.25) is 4.79 Å². The van der Waals surface area contributed by atoms with E-state index in [1.165, 1.54) is 6.42 Å². The number of carbonyl (C=O) groups excluding carboxylic acids is 1. The Morgan fingerprint density at radius 2 is 2.08 bits per heavy atom. The van der Waals surface area contributed by atoms with E-state index in [0.29, 0.717) is 11.5 Å². The van der Waals surface area contributed by atoms with Crippen molar-refractivity contribution in [2.24, 2.45) is 5.92 Å². The molecule has 1 atom stereocenters. The van der Waals surface area contributed by atoms with Crippen molar-refractivity contribution in [2.75, 3.05) is 26.7 Å². The molecule has 1 N–H and O–H groups in total. The number of hydrogen-bond donors (Lipinski definition) is 1. The maximum Gasteiger partial charge on any atom is 0.257 e. The summed E-state index contributed by atoms with van der Waals surface area (Å²) in [6.07, 6.45) is 3.96. The monoisotopic (exact) mass is 348 g/mol. The Kier molecular flexibility index (Phi) is 6.40. The summed E-state index contributed by atoms with van der Waals surface area (Å²) in [4.78, 5) is 14.8. The molecule has 5 nitrogen and oxygen atoms in total. The van der Waals surface area contributed by atoms with E-state index >= 15 is 0 Å². The Morgan fingerprint density at radius 3 is 2.79 bits per heavy atom. The van der Waals surface area contributed by atoms with Crippen LogP contribution in [0.5, 0.6) is 0 Å². The van der Waals surface area contributed by atoms with Crippen LogP contribution < -0.4 is 5.32 Å². The van der Waals surface area contributed by atoms with E-state index in [4.69, 9.17) is 0 Å². The first-order chi connectivity index (χ1) is 11.2. The van der Waals surface area contributed by atoms with E-state index < -0.39 is 0 Å². The number of hydrogen-bond acceptors (Lipinski definition) is 3. The number of nitrogens with one attached hydrogen (secondary N) is 1. The van der Waals surface area contributed by atoms with Crippen LogP contribution in [0.4, 0.5) is 0 Å². The molecule has 24 heavy (non-hydrogen) atoms. The van der Waals surface area contributed by atoms with Gasteiger partial charge in [-0.1, -0.05) is 18.2 Å². The molecule has 0 saturated carbocycles. The van der Waals surface area contributed by atoms with Gasteiger partial charge in [-0.2, -0.15) is 5.10 Å². The third-order valence-corrected chi connectivity index (χ3v) is 4.54. The third kappa shape index (κ3) is 3.79. The Morgan fingerprint density at radius 1 is 1.33 bits per heavy atom. The minimum atomic E-state index is 0. The van der Waals surface area contributed by atoms with Crippen LogP contribution in [0.3, 0.4) is 0 Å². The molecule has 0 bridgehead atoms. The summed E-state index contributed by atoms with van der Waals surface area (Å²) in [5.41, 5.74) is 2.59. The number of carbonyl (C=O) groups is 1. The number of amides is 1. The molecule has 1 aromatic heterocycles. The van der Waals surface area contributed by atoms with E-state index in [0.717, 1.165) is 37.4 Å². The zero-order valence-electron chi connectivity index (χ0n) is 14.2. The molecular formula is C18H25ClN4O. The number of piperidine rings is 1. The number of nitrogens with zero attached hydrogens (tertiary/aromatic N) is 3. The van der Waals surface area contributed by atoms with E-state index in [2.05, 4.69) is 10.4 Å². The van der Waals surface area contributed by atoms with Crippen LogP contribution in [0.1, 0.15) is 28.9 Å². The van der Waals surface area contributed by atoms with Gasteiger partial charge in [0, 0.05) is 13.1 Å². The van der Waals surface area contributed by atoms with Crippen LogP contribution >= 0.6 is 12.4 Å². The highest BCUT2D eigenvalue weighted by Gasteiger charge is 2.26. The fraction of sp³-hybridized carbons (Fsp3) is 0.444. The molecule has 0 spiro atoms. The first kappa shape index (κ1) is 18.5. The van der Waals surface area contributed by atoms with Crippen molar-refractivity contribution in [3.8, 4) is 5.69 Å². The van der Waals surface area contributed by atoms with Gasteiger partial charge < -0.3 is 10.2 Å². The normalized spacial score (nSPS) is 17.4. The van der Waals surface area contributed by atoms with Gasteiger partial charge in [-0.25, -0.2) is 4.68 Å². The van der Waals surface area contributed by atoms with E-state index in [-0.39, 0.29) is 18.3 Å². The number of rotatable bonds is 4. The molecule has 1 saturated heterocycles. The zero-order chi connectivity index (χ0) is 16.2. The highest BCUT2D eigenvalue weighted by molar-refractivity contribution is 5.95. The molecular weight excluding hydrogens is 324 g/mol. The molecule has 1 fully saturated rings. The Labute approximate surface area is 149 Å². The van der Waals surface area contributed by atoms with Crippen LogP contribution in [0, 0.1) is 12.8 Å². The maximum atomic E-state index is 12.9. The molecule has 1 aliphatic rings. The third-order valence-electron chi connectivity index (χ3n) is 4.54. The lowest BCUT2D eigenvalue weighted by atomic mass is 9.97. The van der Waals surface area contributed by atoms with Gasteiger partial charge in [0.05, 0.1) is 23.1 Å². The van der Waals surface area contributed by atoms with Crippen molar-refractivity contribution in [3.05, 3.63) is 47.8 Å². The van der Waals surface area contributed by atoms with Gasteiger partial charge in [0.2, 0.25) is 0 Å². The summed E-state index contributed by atoms with van der Waals surface area (Å²) in [5.74, 6) is 0.646. The molecule has 3 rings (SSSR count). The van der Waals surface area contributed by atoms with Crippen LogP contribution in [0.15, 0.2) is 36.5 Å². The number of halogens is 1. The van der Waals surface area contributed by atoms with Gasteiger partial charge >= 0.3 is 0 Å². The molecule has 130 valence electrons. The lowest BCUT2D eigenvalue weighted by Gasteiger charge is -2.32. The summed E-state index contributed by atoms with van der Waals surface area (Å²) in [6.45, 7) is 4.60. The Bertz CT molecular complexity index is 669. The molecule has 2 heterocycles. The molecule has 0 radical (unpaired) electrons. The first-order valence-corrected chi connectivity index (χ1v) is 8.24. The fourth-order valence-electron chi connectivity index (χ4n) is 3.32. The molecule has 2 aromatic rings. The van der Waals surface area contributed by atoms with E-state index in [1.807, 2.05) is 53.9 Å². The van der Waals surface area contributed by atoms with Crippen molar-refractivity contribution in [1.82, 2.24) is 20.0 Å². The van der Waals surface area contributed by atoms with Crippen molar-refractivity contribution >= 4 is 18.3 Å². The molecule has 1 unspecified atom stereocenters. The average molecular weight is 349 g/mol. The summed E-state index contributed by atoms with van der Waals surface area (Å²) >= 11 is 0. The summed E-state index contributed by atoms with van der Waals surface area (Å²) in [7, 11) is 1.97. The Balaban J connectivity index is 0.00000208. The zero-order valence-corrected chi connectivity index (χ0v) is 15.1. The maximum absolute atomic E-state index is 12.9. The first-order valence-electron chi connectivity index (χ1n) is 8.24. The van der Waals surface area contributed by atoms with E-state index in [9.17, 15) is 4.79 Å². The topological polar surface area (TPSA) is 50.2 Å². The minimum absolute atomic E-state index is 0. The highest BCUT2D eigenvalue weighted by atomic mass is 35.5. The number of likely N-dealkylation sites (tertiary alicyclic amines) is 1. The van der Waals surface area contributed by atoms with Crippen molar-refractivity contribution in [3.63, 3.8) is 0 Å².